The molecule has 162 valence electrons. The normalized spacial score (nSPS) is 11.7. The third-order valence-electron chi connectivity index (χ3n) is 4.63. The molecule has 0 aliphatic carbocycles. The standard InChI is InChI=1S/C25H27FN2O3/c1-4-14-30-17(2)15-21-10-13-24(18(3)27-21)25(29)28-20-6-5-7-23(16-20)31-22-11-8-19(26)9-12-22/h5-13,16-17H,4,14-15H2,1-3H3,(H,28,29). The van der Waals surface area contributed by atoms with Gasteiger partial charge in [0.25, 0.3) is 5.91 Å². The van der Waals surface area contributed by atoms with E-state index in [4.69, 9.17) is 9.47 Å². The molecule has 0 saturated heterocycles. The van der Waals surface area contributed by atoms with Gasteiger partial charge in [-0.25, -0.2) is 4.39 Å². The predicted molar refractivity (Wildman–Crippen MR) is 119 cm³/mol. The monoisotopic (exact) mass is 422 g/mol. The van der Waals surface area contributed by atoms with Crippen LogP contribution in [0.2, 0.25) is 0 Å². The summed E-state index contributed by atoms with van der Waals surface area (Å²) in [6.45, 7) is 6.65. The van der Waals surface area contributed by atoms with Gasteiger partial charge in [0, 0.05) is 30.5 Å². The molecule has 1 unspecified atom stereocenters. The van der Waals surface area contributed by atoms with Gasteiger partial charge in [-0.15, -0.1) is 0 Å². The molecule has 0 saturated carbocycles. The van der Waals surface area contributed by atoms with Crippen LogP contribution in [0.15, 0.2) is 60.7 Å². The van der Waals surface area contributed by atoms with Gasteiger partial charge in [0.15, 0.2) is 0 Å². The largest absolute Gasteiger partial charge is 0.457 e. The molecule has 1 atom stereocenters. The van der Waals surface area contributed by atoms with E-state index in [1.165, 1.54) is 12.1 Å². The van der Waals surface area contributed by atoms with Crippen LogP contribution in [0.3, 0.4) is 0 Å². The maximum Gasteiger partial charge on any atom is 0.257 e. The molecule has 0 radical (unpaired) electrons. The number of aryl methyl sites for hydroxylation is 1. The molecular formula is C25H27FN2O3. The summed E-state index contributed by atoms with van der Waals surface area (Å²) < 4.78 is 24.5. The summed E-state index contributed by atoms with van der Waals surface area (Å²) in [5.74, 6) is 0.477. The molecule has 3 rings (SSSR count). The highest BCUT2D eigenvalue weighted by Gasteiger charge is 2.13. The van der Waals surface area contributed by atoms with Crippen molar-refractivity contribution in [2.45, 2.75) is 39.7 Å². The van der Waals surface area contributed by atoms with E-state index in [1.807, 2.05) is 19.9 Å². The van der Waals surface area contributed by atoms with Crippen LogP contribution in [0.25, 0.3) is 0 Å². The average molecular weight is 423 g/mol. The van der Waals surface area contributed by atoms with Crippen molar-refractivity contribution in [3.63, 3.8) is 0 Å². The number of hydrogen-bond donors (Lipinski definition) is 1. The molecule has 0 fully saturated rings. The molecule has 6 heteroatoms. The lowest BCUT2D eigenvalue weighted by Crippen LogP contribution is -2.16. The number of anilines is 1. The summed E-state index contributed by atoms with van der Waals surface area (Å²) in [5, 5.41) is 2.88. The van der Waals surface area contributed by atoms with Crippen molar-refractivity contribution >= 4 is 11.6 Å². The van der Waals surface area contributed by atoms with Crippen LogP contribution in [-0.4, -0.2) is 23.6 Å². The number of hydrogen-bond acceptors (Lipinski definition) is 4. The smallest absolute Gasteiger partial charge is 0.257 e. The molecule has 1 amide bonds. The maximum atomic E-state index is 13.0. The number of aromatic nitrogens is 1. The van der Waals surface area contributed by atoms with Crippen molar-refractivity contribution in [2.24, 2.45) is 0 Å². The van der Waals surface area contributed by atoms with Gasteiger partial charge >= 0.3 is 0 Å². The van der Waals surface area contributed by atoms with Crippen LogP contribution in [0.4, 0.5) is 10.1 Å². The number of halogens is 1. The van der Waals surface area contributed by atoms with E-state index in [2.05, 4.69) is 17.2 Å². The van der Waals surface area contributed by atoms with Crippen LogP contribution in [0, 0.1) is 12.7 Å². The zero-order chi connectivity index (χ0) is 22.2. The zero-order valence-electron chi connectivity index (χ0n) is 18.0. The Kier molecular flexibility index (Phi) is 7.73. The van der Waals surface area contributed by atoms with Crippen LogP contribution in [-0.2, 0) is 11.2 Å². The summed E-state index contributed by atoms with van der Waals surface area (Å²) in [6, 6.07) is 16.4. The SMILES string of the molecule is CCCOC(C)Cc1ccc(C(=O)Nc2cccc(Oc3ccc(F)cc3)c2)c(C)n1. The summed E-state index contributed by atoms with van der Waals surface area (Å²) in [5.41, 5.74) is 2.66. The van der Waals surface area contributed by atoms with Crippen molar-refractivity contribution in [1.82, 2.24) is 4.98 Å². The van der Waals surface area contributed by atoms with Crippen LogP contribution in [0.5, 0.6) is 11.5 Å². The molecule has 31 heavy (non-hydrogen) atoms. The van der Waals surface area contributed by atoms with Gasteiger partial charge in [-0.2, -0.15) is 0 Å². The zero-order valence-corrected chi connectivity index (χ0v) is 18.0. The molecule has 3 aromatic rings. The van der Waals surface area contributed by atoms with Crippen LogP contribution >= 0.6 is 0 Å². The second-order valence-electron chi connectivity index (χ2n) is 7.36. The predicted octanol–water partition coefficient (Wildman–Crippen LogP) is 5.93. The van der Waals surface area contributed by atoms with E-state index in [0.717, 1.165) is 18.7 Å². The summed E-state index contributed by atoms with van der Waals surface area (Å²) in [7, 11) is 0. The van der Waals surface area contributed by atoms with E-state index < -0.39 is 0 Å². The quantitative estimate of drug-likeness (QED) is 0.464. The fraction of sp³-hybridized carbons (Fsp3) is 0.280. The molecule has 0 bridgehead atoms. The first-order chi connectivity index (χ1) is 14.9. The van der Waals surface area contributed by atoms with E-state index in [-0.39, 0.29) is 17.8 Å². The van der Waals surface area contributed by atoms with Crippen molar-refractivity contribution < 1.29 is 18.7 Å². The molecule has 0 aliphatic heterocycles. The summed E-state index contributed by atoms with van der Waals surface area (Å²) >= 11 is 0. The second kappa shape index (κ2) is 10.7. The van der Waals surface area contributed by atoms with Crippen LogP contribution in [0.1, 0.15) is 42.0 Å². The Bertz CT molecular complexity index is 1020. The molecule has 0 spiro atoms. The van der Waals surface area contributed by atoms with Crippen molar-refractivity contribution in [3.05, 3.63) is 83.4 Å². The lowest BCUT2D eigenvalue weighted by Gasteiger charge is -2.13. The Balaban J connectivity index is 1.65. The van der Waals surface area contributed by atoms with Gasteiger partial charge in [0.05, 0.1) is 17.4 Å². The minimum absolute atomic E-state index is 0.0790. The number of carbonyl (C=O) groups is 1. The Labute approximate surface area is 182 Å². The minimum atomic E-state index is -0.327. The molecule has 1 N–H and O–H groups in total. The van der Waals surface area contributed by atoms with Gasteiger partial charge in [-0.3, -0.25) is 9.78 Å². The lowest BCUT2D eigenvalue weighted by atomic mass is 10.1. The second-order valence-corrected chi connectivity index (χ2v) is 7.36. The minimum Gasteiger partial charge on any atom is -0.457 e. The molecule has 0 aliphatic rings. The number of ether oxygens (including phenoxy) is 2. The van der Waals surface area contributed by atoms with Crippen LogP contribution < -0.4 is 10.1 Å². The van der Waals surface area contributed by atoms with Gasteiger partial charge in [0.2, 0.25) is 0 Å². The fourth-order valence-electron chi connectivity index (χ4n) is 3.11. The highest BCUT2D eigenvalue weighted by atomic mass is 19.1. The number of pyridine rings is 1. The first kappa shape index (κ1) is 22.4. The third-order valence-corrected chi connectivity index (χ3v) is 4.63. The van der Waals surface area contributed by atoms with E-state index in [1.54, 1.807) is 42.5 Å². The number of carbonyl (C=O) groups excluding carboxylic acids is 1. The highest BCUT2D eigenvalue weighted by Crippen LogP contribution is 2.25. The number of amides is 1. The molecule has 1 heterocycles. The van der Waals surface area contributed by atoms with Gasteiger partial charge in [-0.1, -0.05) is 13.0 Å². The lowest BCUT2D eigenvalue weighted by molar-refractivity contribution is 0.0663. The number of benzene rings is 2. The molecule has 2 aromatic carbocycles. The van der Waals surface area contributed by atoms with E-state index in [9.17, 15) is 9.18 Å². The van der Waals surface area contributed by atoms with E-state index >= 15 is 0 Å². The van der Waals surface area contributed by atoms with Crippen molar-refractivity contribution in [3.8, 4) is 11.5 Å². The first-order valence-corrected chi connectivity index (χ1v) is 10.4. The summed E-state index contributed by atoms with van der Waals surface area (Å²) in [6.07, 6.45) is 1.76. The first-order valence-electron chi connectivity index (χ1n) is 10.4. The third kappa shape index (κ3) is 6.62. The van der Waals surface area contributed by atoms with Crippen molar-refractivity contribution in [1.29, 1.82) is 0 Å². The van der Waals surface area contributed by atoms with Gasteiger partial charge < -0.3 is 14.8 Å². The highest BCUT2D eigenvalue weighted by molar-refractivity contribution is 6.05. The Morgan fingerprint density at radius 1 is 1.10 bits per heavy atom. The van der Waals surface area contributed by atoms with Crippen molar-refractivity contribution in [2.75, 3.05) is 11.9 Å². The molecule has 1 aromatic heterocycles. The summed E-state index contributed by atoms with van der Waals surface area (Å²) in [4.78, 5) is 17.3. The topological polar surface area (TPSA) is 60.5 Å². The fourth-order valence-corrected chi connectivity index (χ4v) is 3.11. The molecule has 5 nitrogen and oxygen atoms in total. The van der Waals surface area contributed by atoms with E-state index in [0.29, 0.717) is 34.9 Å². The number of nitrogens with one attached hydrogen (secondary N) is 1. The Hall–Kier alpha value is -3.25. The average Bonchev–Trinajstić information content (AvgIpc) is 2.74. The number of nitrogens with zero attached hydrogens (tertiary/aromatic N) is 1. The number of rotatable bonds is 9. The maximum absolute atomic E-state index is 13.0. The Morgan fingerprint density at radius 2 is 1.87 bits per heavy atom. The van der Waals surface area contributed by atoms with Gasteiger partial charge in [-0.05, 0) is 68.8 Å². The molecular weight excluding hydrogens is 395 g/mol. The Morgan fingerprint density at radius 3 is 2.58 bits per heavy atom. The van der Waals surface area contributed by atoms with Gasteiger partial charge in [0.1, 0.15) is 17.3 Å².